The molecule has 0 aliphatic heterocycles. The SMILES string of the molecule is CCOC(=O)c1oc2cccc(C#CC3CC3)c2c1C. The summed E-state index contributed by atoms with van der Waals surface area (Å²) >= 11 is 0. The third-order valence-corrected chi connectivity index (χ3v) is 3.40. The predicted molar refractivity (Wildman–Crippen MR) is 76.5 cm³/mol. The summed E-state index contributed by atoms with van der Waals surface area (Å²) in [5, 5.41) is 0.920. The van der Waals surface area contributed by atoms with E-state index in [4.69, 9.17) is 9.15 Å². The molecule has 20 heavy (non-hydrogen) atoms. The Balaban J connectivity index is 2.09. The summed E-state index contributed by atoms with van der Waals surface area (Å²) < 4.78 is 10.7. The zero-order chi connectivity index (χ0) is 14.1. The zero-order valence-corrected chi connectivity index (χ0v) is 11.7. The summed E-state index contributed by atoms with van der Waals surface area (Å²) in [6.45, 7) is 3.99. The average molecular weight is 268 g/mol. The van der Waals surface area contributed by atoms with Gasteiger partial charge in [0, 0.05) is 22.4 Å². The number of fused-ring (bicyclic) bond motifs is 1. The van der Waals surface area contributed by atoms with Gasteiger partial charge in [0.05, 0.1) is 6.61 Å². The highest BCUT2D eigenvalue weighted by Gasteiger charge is 2.21. The lowest BCUT2D eigenvalue weighted by Gasteiger charge is -1.98. The number of esters is 1. The Kier molecular flexibility index (Phi) is 3.23. The highest BCUT2D eigenvalue weighted by atomic mass is 16.5. The molecule has 0 radical (unpaired) electrons. The molecule has 3 rings (SSSR count). The van der Waals surface area contributed by atoms with Gasteiger partial charge in [-0.05, 0) is 38.8 Å². The van der Waals surface area contributed by atoms with Crippen LogP contribution in [0.25, 0.3) is 11.0 Å². The first-order chi connectivity index (χ1) is 9.70. The van der Waals surface area contributed by atoms with Crippen molar-refractivity contribution >= 4 is 16.9 Å². The summed E-state index contributed by atoms with van der Waals surface area (Å²) in [7, 11) is 0. The summed E-state index contributed by atoms with van der Waals surface area (Å²) in [6, 6.07) is 5.72. The zero-order valence-electron chi connectivity index (χ0n) is 11.7. The van der Waals surface area contributed by atoms with E-state index >= 15 is 0 Å². The molecule has 102 valence electrons. The Bertz CT molecular complexity index is 724. The molecular weight excluding hydrogens is 252 g/mol. The van der Waals surface area contributed by atoms with Crippen LogP contribution in [0.15, 0.2) is 22.6 Å². The van der Waals surface area contributed by atoms with Gasteiger partial charge in [-0.3, -0.25) is 0 Å². The van der Waals surface area contributed by atoms with Crippen LogP contribution >= 0.6 is 0 Å². The van der Waals surface area contributed by atoms with Crippen LogP contribution in [0.2, 0.25) is 0 Å². The second kappa shape index (κ2) is 5.05. The second-order valence-corrected chi connectivity index (χ2v) is 5.00. The number of benzene rings is 1. The molecule has 1 aliphatic rings. The molecule has 2 aromatic rings. The molecule has 0 atom stereocenters. The average Bonchev–Trinajstić information content (AvgIpc) is 3.20. The summed E-state index contributed by atoms with van der Waals surface area (Å²) in [6.07, 6.45) is 2.39. The van der Waals surface area contributed by atoms with Gasteiger partial charge in [0.25, 0.3) is 0 Å². The minimum atomic E-state index is -0.415. The second-order valence-electron chi connectivity index (χ2n) is 5.00. The highest BCUT2D eigenvalue weighted by molar-refractivity contribution is 5.98. The molecule has 1 saturated carbocycles. The van der Waals surface area contributed by atoms with Gasteiger partial charge in [-0.15, -0.1) is 0 Å². The fourth-order valence-corrected chi connectivity index (χ4v) is 2.21. The molecule has 1 aromatic heterocycles. The van der Waals surface area contributed by atoms with Crippen molar-refractivity contribution in [3.05, 3.63) is 35.1 Å². The van der Waals surface area contributed by atoms with Crippen molar-refractivity contribution < 1.29 is 13.9 Å². The van der Waals surface area contributed by atoms with E-state index < -0.39 is 5.97 Å². The summed E-state index contributed by atoms with van der Waals surface area (Å²) in [5.74, 6) is 6.87. The normalized spacial score (nSPS) is 13.9. The topological polar surface area (TPSA) is 39.4 Å². The van der Waals surface area contributed by atoms with Crippen molar-refractivity contribution in [3.8, 4) is 11.8 Å². The molecule has 0 bridgehead atoms. The number of ether oxygens (including phenoxy) is 1. The monoisotopic (exact) mass is 268 g/mol. The Morgan fingerprint density at radius 2 is 2.25 bits per heavy atom. The van der Waals surface area contributed by atoms with Crippen LogP contribution in [0.5, 0.6) is 0 Å². The maximum atomic E-state index is 11.9. The van der Waals surface area contributed by atoms with Crippen LogP contribution in [-0.4, -0.2) is 12.6 Å². The molecule has 0 amide bonds. The maximum Gasteiger partial charge on any atom is 0.374 e. The van der Waals surface area contributed by atoms with Gasteiger partial charge in [-0.2, -0.15) is 0 Å². The predicted octanol–water partition coefficient (Wildman–Crippen LogP) is 3.68. The maximum absolute atomic E-state index is 11.9. The minimum Gasteiger partial charge on any atom is -0.460 e. The van der Waals surface area contributed by atoms with E-state index in [2.05, 4.69) is 11.8 Å². The number of hydrogen-bond donors (Lipinski definition) is 0. The van der Waals surface area contributed by atoms with E-state index in [0.29, 0.717) is 18.1 Å². The van der Waals surface area contributed by atoms with Gasteiger partial charge in [0.2, 0.25) is 5.76 Å². The summed E-state index contributed by atoms with van der Waals surface area (Å²) in [4.78, 5) is 11.9. The molecule has 3 heteroatoms. The van der Waals surface area contributed by atoms with Crippen LogP contribution in [0, 0.1) is 24.7 Å². The minimum absolute atomic E-state index is 0.280. The van der Waals surface area contributed by atoms with Crippen molar-refractivity contribution in [2.24, 2.45) is 5.92 Å². The molecule has 3 nitrogen and oxygen atoms in total. The van der Waals surface area contributed by atoms with E-state index in [1.807, 2.05) is 25.1 Å². The van der Waals surface area contributed by atoms with Crippen molar-refractivity contribution in [3.63, 3.8) is 0 Å². The van der Waals surface area contributed by atoms with Gasteiger partial charge in [-0.1, -0.05) is 17.9 Å². The smallest absolute Gasteiger partial charge is 0.374 e. The lowest BCUT2D eigenvalue weighted by atomic mass is 10.1. The number of furan rings is 1. The van der Waals surface area contributed by atoms with Crippen molar-refractivity contribution in [2.45, 2.75) is 26.7 Å². The summed E-state index contributed by atoms with van der Waals surface area (Å²) in [5.41, 5.74) is 2.42. The fraction of sp³-hybridized carbons (Fsp3) is 0.353. The molecule has 0 N–H and O–H groups in total. The lowest BCUT2D eigenvalue weighted by Crippen LogP contribution is -2.04. The molecule has 1 aromatic carbocycles. The molecule has 1 fully saturated rings. The van der Waals surface area contributed by atoms with Crippen LogP contribution in [0.1, 0.15) is 41.4 Å². The molecular formula is C17H16O3. The van der Waals surface area contributed by atoms with E-state index in [0.717, 1.165) is 16.5 Å². The lowest BCUT2D eigenvalue weighted by molar-refractivity contribution is 0.0491. The number of carbonyl (C=O) groups excluding carboxylic acids is 1. The van der Waals surface area contributed by atoms with E-state index in [1.165, 1.54) is 12.8 Å². The van der Waals surface area contributed by atoms with Crippen molar-refractivity contribution in [1.29, 1.82) is 0 Å². The van der Waals surface area contributed by atoms with E-state index in [-0.39, 0.29) is 5.76 Å². The third kappa shape index (κ3) is 2.30. The molecule has 1 heterocycles. The van der Waals surface area contributed by atoms with Gasteiger partial charge >= 0.3 is 5.97 Å². The van der Waals surface area contributed by atoms with Crippen LogP contribution in [0.4, 0.5) is 0 Å². The van der Waals surface area contributed by atoms with Gasteiger partial charge in [-0.25, -0.2) is 4.79 Å². The first-order valence-corrected chi connectivity index (χ1v) is 6.91. The molecule has 0 saturated heterocycles. The van der Waals surface area contributed by atoms with Crippen LogP contribution in [-0.2, 0) is 4.74 Å². The first-order valence-electron chi connectivity index (χ1n) is 6.91. The Morgan fingerprint density at radius 1 is 1.45 bits per heavy atom. The Morgan fingerprint density at radius 3 is 2.95 bits per heavy atom. The highest BCUT2D eigenvalue weighted by Crippen LogP contribution is 2.30. The fourth-order valence-electron chi connectivity index (χ4n) is 2.21. The number of aryl methyl sites for hydroxylation is 1. The van der Waals surface area contributed by atoms with Crippen molar-refractivity contribution in [1.82, 2.24) is 0 Å². The van der Waals surface area contributed by atoms with Gasteiger partial charge < -0.3 is 9.15 Å². The third-order valence-electron chi connectivity index (χ3n) is 3.40. The number of rotatable bonds is 2. The quantitative estimate of drug-likeness (QED) is 0.616. The Labute approximate surface area is 117 Å². The van der Waals surface area contributed by atoms with E-state index in [1.54, 1.807) is 6.92 Å². The van der Waals surface area contributed by atoms with Crippen LogP contribution in [0.3, 0.4) is 0 Å². The Hall–Kier alpha value is -2.21. The van der Waals surface area contributed by atoms with Crippen LogP contribution < -0.4 is 0 Å². The van der Waals surface area contributed by atoms with Gasteiger partial charge in [0.15, 0.2) is 0 Å². The number of carbonyl (C=O) groups is 1. The molecule has 1 aliphatic carbocycles. The number of hydrogen-bond acceptors (Lipinski definition) is 3. The standard InChI is InChI=1S/C17H16O3/c1-3-19-17(18)16-11(2)15-13(10-9-12-7-8-12)5-4-6-14(15)20-16/h4-6,12H,3,7-8H2,1-2H3. The largest absolute Gasteiger partial charge is 0.460 e. The molecule has 0 spiro atoms. The van der Waals surface area contributed by atoms with Crippen molar-refractivity contribution in [2.75, 3.05) is 6.61 Å². The van der Waals surface area contributed by atoms with Gasteiger partial charge in [0.1, 0.15) is 5.58 Å². The first kappa shape index (κ1) is 12.8. The van der Waals surface area contributed by atoms with E-state index in [9.17, 15) is 4.79 Å². The molecule has 0 unspecified atom stereocenters.